The Morgan fingerprint density at radius 2 is 2.17 bits per heavy atom. The van der Waals surface area contributed by atoms with E-state index in [4.69, 9.17) is 8.94 Å². The molecule has 0 saturated heterocycles. The lowest BCUT2D eigenvalue weighted by Gasteiger charge is -2.07. The van der Waals surface area contributed by atoms with Gasteiger partial charge < -0.3 is 14.3 Å². The third-order valence-electron chi connectivity index (χ3n) is 4.71. The van der Waals surface area contributed by atoms with Gasteiger partial charge in [0, 0.05) is 18.2 Å². The molecule has 2 aliphatic carbocycles. The second-order valence-electron chi connectivity index (χ2n) is 6.71. The number of hydrogen-bond donors (Lipinski definition) is 1. The summed E-state index contributed by atoms with van der Waals surface area (Å²) in [5.41, 5.74) is 2.43. The normalized spacial score (nSPS) is 17.3. The van der Waals surface area contributed by atoms with E-state index in [-0.39, 0.29) is 5.91 Å². The molecule has 3 aromatic rings. The van der Waals surface area contributed by atoms with Crippen molar-refractivity contribution >= 4 is 17.0 Å². The highest BCUT2D eigenvalue weighted by atomic mass is 16.5. The lowest BCUT2D eigenvalue weighted by molar-refractivity contribution is 0.0953. The van der Waals surface area contributed by atoms with Gasteiger partial charge in [-0.05, 0) is 49.8 Å². The van der Waals surface area contributed by atoms with Crippen LogP contribution in [0.15, 0.2) is 33.4 Å². The number of carbonyl (C=O) groups is 1. The highest BCUT2D eigenvalue weighted by Crippen LogP contribution is 2.41. The molecule has 122 valence electrons. The Morgan fingerprint density at radius 3 is 2.88 bits per heavy atom. The number of furan rings is 1. The summed E-state index contributed by atoms with van der Waals surface area (Å²) in [6.07, 6.45) is 6.20. The minimum atomic E-state index is -0.0905. The molecule has 0 radical (unpaired) electrons. The first-order valence-corrected chi connectivity index (χ1v) is 8.42. The van der Waals surface area contributed by atoms with Crippen molar-refractivity contribution in [3.63, 3.8) is 0 Å². The molecule has 24 heavy (non-hydrogen) atoms. The Morgan fingerprint density at radius 1 is 1.29 bits per heavy atom. The van der Waals surface area contributed by atoms with Crippen LogP contribution in [0.25, 0.3) is 22.6 Å². The van der Waals surface area contributed by atoms with E-state index < -0.39 is 0 Å². The van der Waals surface area contributed by atoms with Gasteiger partial charge in [0.25, 0.3) is 11.6 Å². The molecule has 3 heterocycles. The van der Waals surface area contributed by atoms with Crippen molar-refractivity contribution in [3.8, 4) is 11.5 Å². The predicted octanol–water partition coefficient (Wildman–Crippen LogP) is 3.50. The van der Waals surface area contributed by atoms with E-state index in [9.17, 15) is 4.79 Å². The van der Waals surface area contributed by atoms with Gasteiger partial charge in [-0.15, -0.1) is 0 Å². The first-order chi connectivity index (χ1) is 11.8. The molecule has 5 rings (SSSR count). The molecule has 0 spiro atoms. The highest BCUT2D eigenvalue weighted by molar-refractivity contribution is 6.09. The van der Waals surface area contributed by atoms with Crippen LogP contribution in [0, 0.1) is 5.92 Å². The van der Waals surface area contributed by atoms with Gasteiger partial charge in [-0.2, -0.15) is 0 Å². The molecule has 1 N–H and O–H groups in total. The van der Waals surface area contributed by atoms with Gasteiger partial charge in [0.15, 0.2) is 11.5 Å². The van der Waals surface area contributed by atoms with E-state index in [1.54, 1.807) is 18.4 Å². The average Bonchev–Trinajstić information content (AvgIpc) is 3.51. The zero-order valence-electron chi connectivity index (χ0n) is 13.1. The summed E-state index contributed by atoms with van der Waals surface area (Å²) in [6, 6.07) is 5.48. The second-order valence-corrected chi connectivity index (χ2v) is 6.71. The van der Waals surface area contributed by atoms with E-state index in [1.165, 1.54) is 12.8 Å². The lowest BCUT2D eigenvalue weighted by Crippen LogP contribution is -2.26. The van der Waals surface area contributed by atoms with Crippen molar-refractivity contribution in [1.29, 1.82) is 0 Å². The van der Waals surface area contributed by atoms with Gasteiger partial charge in [-0.3, -0.25) is 4.79 Å². The number of aromatic nitrogens is 2. The van der Waals surface area contributed by atoms with Gasteiger partial charge in [-0.25, -0.2) is 4.98 Å². The average molecular weight is 323 g/mol. The van der Waals surface area contributed by atoms with Crippen LogP contribution in [-0.2, 0) is 0 Å². The summed E-state index contributed by atoms with van der Waals surface area (Å²) in [5, 5.41) is 7.76. The van der Waals surface area contributed by atoms with Gasteiger partial charge in [0.2, 0.25) is 0 Å². The molecule has 6 nitrogen and oxygen atoms in total. The minimum Gasteiger partial charge on any atom is -0.463 e. The Labute approximate surface area is 138 Å². The van der Waals surface area contributed by atoms with Crippen molar-refractivity contribution in [2.45, 2.75) is 31.6 Å². The van der Waals surface area contributed by atoms with Crippen molar-refractivity contribution < 1.29 is 13.7 Å². The molecule has 2 aliphatic rings. The maximum absolute atomic E-state index is 12.8. The quantitative estimate of drug-likeness (QED) is 0.777. The maximum atomic E-state index is 12.8. The van der Waals surface area contributed by atoms with Crippen LogP contribution in [0.5, 0.6) is 0 Å². The fourth-order valence-electron chi connectivity index (χ4n) is 2.97. The minimum absolute atomic E-state index is 0.0905. The molecule has 0 atom stereocenters. The largest absolute Gasteiger partial charge is 0.463 e. The van der Waals surface area contributed by atoms with Crippen LogP contribution in [-0.4, -0.2) is 22.6 Å². The van der Waals surface area contributed by atoms with Crippen LogP contribution in [0.3, 0.4) is 0 Å². The van der Waals surface area contributed by atoms with E-state index in [1.807, 2.05) is 6.07 Å². The summed E-state index contributed by atoms with van der Waals surface area (Å²) in [4.78, 5) is 17.3. The maximum Gasteiger partial charge on any atom is 0.259 e. The van der Waals surface area contributed by atoms with Gasteiger partial charge in [-0.1, -0.05) is 5.16 Å². The fourth-order valence-corrected chi connectivity index (χ4v) is 2.97. The molecule has 3 aromatic heterocycles. The highest BCUT2D eigenvalue weighted by Gasteiger charge is 2.30. The topological polar surface area (TPSA) is 81.2 Å². The van der Waals surface area contributed by atoms with Crippen molar-refractivity contribution in [2.75, 3.05) is 6.54 Å². The monoisotopic (exact) mass is 323 g/mol. The van der Waals surface area contributed by atoms with Crippen molar-refractivity contribution in [3.05, 3.63) is 35.7 Å². The SMILES string of the molecule is O=C(NCC1CC1)c1cc(C2CC2)nc2onc(-c3ccco3)c12. The third kappa shape index (κ3) is 2.38. The van der Waals surface area contributed by atoms with E-state index in [2.05, 4.69) is 15.5 Å². The lowest BCUT2D eigenvalue weighted by atomic mass is 10.1. The molecule has 0 aromatic carbocycles. The number of fused-ring (bicyclic) bond motifs is 1. The van der Waals surface area contributed by atoms with Crippen LogP contribution in [0.4, 0.5) is 0 Å². The molecule has 0 aliphatic heterocycles. The number of pyridine rings is 1. The van der Waals surface area contributed by atoms with E-state index in [0.29, 0.717) is 40.0 Å². The van der Waals surface area contributed by atoms with Crippen LogP contribution >= 0.6 is 0 Å². The molecule has 6 heteroatoms. The molecule has 0 unspecified atom stereocenters. The first-order valence-electron chi connectivity index (χ1n) is 8.42. The summed E-state index contributed by atoms with van der Waals surface area (Å²) >= 11 is 0. The Hall–Kier alpha value is -2.63. The number of hydrogen-bond acceptors (Lipinski definition) is 5. The summed E-state index contributed by atoms with van der Waals surface area (Å²) in [6.45, 7) is 0.725. The van der Waals surface area contributed by atoms with Gasteiger partial charge in [0.1, 0.15) is 0 Å². The van der Waals surface area contributed by atoms with E-state index >= 15 is 0 Å². The van der Waals surface area contributed by atoms with Gasteiger partial charge >= 0.3 is 0 Å². The van der Waals surface area contributed by atoms with Crippen LogP contribution in [0.2, 0.25) is 0 Å². The Kier molecular flexibility index (Phi) is 2.98. The number of amides is 1. The first kappa shape index (κ1) is 13.8. The standard InChI is InChI=1S/C18H17N3O3/c22-17(19-9-10-3-4-10)12-8-13(11-5-6-11)20-18-15(12)16(21-24-18)14-2-1-7-23-14/h1-2,7-8,10-11H,3-6,9H2,(H,19,22). The number of rotatable bonds is 5. The number of carbonyl (C=O) groups excluding carboxylic acids is 1. The number of nitrogens with zero attached hydrogens (tertiary/aromatic N) is 2. The van der Waals surface area contributed by atoms with Crippen LogP contribution in [0.1, 0.15) is 47.7 Å². The molecule has 2 saturated carbocycles. The Bertz CT molecular complexity index is 905. The van der Waals surface area contributed by atoms with Crippen LogP contribution < -0.4 is 5.32 Å². The summed E-state index contributed by atoms with van der Waals surface area (Å²) < 4.78 is 10.9. The third-order valence-corrected chi connectivity index (χ3v) is 4.71. The zero-order valence-corrected chi connectivity index (χ0v) is 13.1. The fraction of sp³-hybridized carbons (Fsp3) is 0.389. The van der Waals surface area contributed by atoms with Crippen molar-refractivity contribution in [2.24, 2.45) is 5.92 Å². The van der Waals surface area contributed by atoms with Gasteiger partial charge in [0.05, 0.1) is 17.2 Å². The molecule has 0 bridgehead atoms. The Balaban J connectivity index is 1.62. The number of nitrogens with one attached hydrogen (secondary N) is 1. The smallest absolute Gasteiger partial charge is 0.259 e. The summed E-state index contributed by atoms with van der Waals surface area (Å²) in [7, 11) is 0. The zero-order chi connectivity index (χ0) is 16.1. The summed E-state index contributed by atoms with van der Waals surface area (Å²) in [5.74, 6) is 1.54. The molecular formula is C18H17N3O3. The second kappa shape index (κ2) is 5.19. The molecular weight excluding hydrogens is 306 g/mol. The van der Waals surface area contributed by atoms with Crippen molar-refractivity contribution in [1.82, 2.24) is 15.5 Å². The van der Waals surface area contributed by atoms with E-state index in [0.717, 1.165) is 25.1 Å². The molecule has 2 fully saturated rings. The predicted molar refractivity (Wildman–Crippen MR) is 86.5 cm³/mol. The molecule has 1 amide bonds.